The van der Waals surface area contributed by atoms with Crippen LogP contribution in [0.4, 0.5) is 0 Å². The van der Waals surface area contributed by atoms with Crippen molar-refractivity contribution in [2.24, 2.45) is 0 Å². The number of aliphatic hydroxyl groups is 2. The predicted molar refractivity (Wildman–Crippen MR) is 175 cm³/mol. The Labute approximate surface area is 248 Å². The average molecular weight is 560 g/mol. The van der Waals surface area contributed by atoms with Crippen LogP contribution in [-0.2, 0) is 4.79 Å². The first-order valence-electron chi connectivity index (χ1n) is 16.9. The van der Waals surface area contributed by atoms with E-state index in [1.165, 1.54) is 89.9 Å². The van der Waals surface area contributed by atoms with E-state index < -0.39 is 12.1 Å². The van der Waals surface area contributed by atoms with Gasteiger partial charge in [0.15, 0.2) is 0 Å². The van der Waals surface area contributed by atoms with Crippen LogP contribution in [0.1, 0.15) is 155 Å². The highest BCUT2D eigenvalue weighted by atomic mass is 16.3. The van der Waals surface area contributed by atoms with Gasteiger partial charge in [-0.2, -0.15) is 0 Å². The van der Waals surface area contributed by atoms with Gasteiger partial charge < -0.3 is 15.5 Å². The van der Waals surface area contributed by atoms with Crippen molar-refractivity contribution < 1.29 is 15.0 Å². The molecule has 0 rings (SSSR count). The van der Waals surface area contributed by atoms with Gasteiger partial charge in [0.05, 0.1) is 18.8 Å². The maximum absolute atomic E-state index is 12.3. The van der Waals surface area contributed by atoms with Gasteiger partial charge in [0.25, 0.3) is 0 Å². The van der Waals surface area contributed by atoms with Crippen molar-refractivity contribution in [1.82, 2.24) is 5.32 Å². The van der Waals surface area contributed by atoms with E-state index in [4.69, 9.17) is 0 Å². The molecule has 0 bridgehead atoms. The molecule has 0 aliphatic heterocycles. The largest absolute Gasteiger partial charge is 0.394 e. The Balaban J connectivity index is 3.70. The average Bonchev–Trinajstić information content (AvgIpc) is 2.96. The molecule has 0 spiro atoms. The van der Waals surface area contributed by atoms with Crippen LogP contribution in [0.3, 0.4) is 0 Å². The smallest absolute Gasteiger partial charge is 0.220 e. The van der Waals surface area contributed by atoms with Gasteiger partial charge in [-0.1, -0.05) is 133 Å². The summed E-state index contributed by atoms with van der Waals surface area (Å²) in [7, 11) is 0. The molecular weight excluding hydrogens is 494 g/mol. The summed E-state index contributed by atoms with van der Waals surface area (Å²) in [4.78, 5) is 12.3. The van der Waals surface area contributed by atoms with Crippen LogP contribution in [0.15, 0.2) is 48.6 Å². The van der Waals surface area contributed by atoms with E-state index in [9.17, 15) is 15.0 Å². The molecule has 2 unspecified atom stereocenters. The number of hydrogen-bond donors (Lipinski definition) is 3. The number of nitrogens with one attached hydrogen (secondary N) is 1. The van der Waals surface area contributed by atoms with Crippen molar-refractivity contribution in [2.75, 3.05) is 6.61 Å². The second-order valence-electron chi connectivity index (χ2n) is 11.2. The van der Waals surface area contributed by atoms with Crippen molar-refractivity contribution in [3.63, 3.8) is 0 Å². The molecule has 0 aromatic carbocycles. The minimum absolute atomic E-state index is 0.0878. The Morgan fingerprint density at radius 1 is 0.575 bits per heavy atom. The Hall–Kier alpha value is -1.65. The summed E-state index contributed by atoms with van der Waals surface area (Å²) < 4.78 is 0. The van der Waals surface area contributed by atoms with Crippen LogP contribution in [0, 0.1) is 0 Å². The summed E-state index contributed by atoms with van der Waals surface area (Å²) in [6.45, 7) is 4.19. The van der Waals surface area contributed by atoms with Crippen LogP contribution in [-0.4, -0.2) is 34.9 Å². The minimum atomic E-state index is -0.868. The van der Waals surface area contributed by atoms with Gasteiger partial charge >= 0.3 is 0 Å². The zero-order chi connectivity index (χ0) is 29.4. The molecule has 0 saturated carbocycles. The summed E-state index contributed by atoms with van der Waals surface area (Å²) in [6.07, 6.45) is 41.9. The third-order valence-electron chi connectivity index (χ3n) is 7.24. The molecule has 0 aliphatic rings. The Morgan fingerprint density at radius 3 is 1.55 bits per heavy atom. The molecule has 0 aliphatic carbocycles. The van der Waals surface area contributed by atoms with Crippen LogP contribution in [0.25, 0.3) is 0 Å². The highest BCUT2D eigenvalue weighted by molar-refractivity contribution is 5.76. The zero-order valence-electron chi connectivity index (χ0n) is 26.3. The van der Waals surface area contributed by atoms with Crippen molar-refractivity contribution in [1.29, 1.82) is 0 Å². The maximum Gasteiger partial charge on any atom is 0.220 e. The van der Waals surface area contributed by atoms with E-state index in [1.54, 1.807) is 6.08 Å². The van der Waals surface area contributed by atoms with E-state index in [-0.39, 0.29) is 12.5 Å². The Kier molecular flexibility index (Phi) is 30.6. The first-order valence-corrected chi connectivity index (χ1v) is 16.9. The van der Waals surface area contributed by atoms with Crippen LogP contribution < -0.4 is 5.32 Å². The van der Waals surface area contributed by atoms with E-state index >= 15 is 0 Å². The Morgan fingerprint density at radius 2 is 1.02 bits per heavy atom. The number of aliphatic hydroxyl groups excluding tert-OH is 2. The van der Waals surface area contributed by atoms with E-state index in [1.807, 2.05) is 6.08 Å². The lowest BCUT2D eigenvalue weighted by molar-refractivity contribution is -0.123. The first-order chi connectivity index (χ1) is 19.7. The van der Waals surface area contributed by atoms with Gasteiger partial charge in [0.2, 0.25) is 5.91 Å². The summed E-state index contributed by atoms with van der Waals surface area (Å²) in [6, 6.07) is -0.644. The van der Waals surface area contributed by atoms with E-state index in [0.717, 1.165) is 44.9 Å². The molecule has 0 heterocycles. The third kappa shape index (κ3) is 27.9. The molecule has 40 heavy (non-hydrogen) atoms. The van der Waals surface area contributed by atoms with Gasteiger partial charge in [-0.05, 0) is 64.2 Å². The van der Waals surface area contributed by atoms with Crippen LogP contribution in [0.2, 0.25) is 0 Å². The van der Waals surface area contributed by atoms with Gasteiger partial charge in [-0.15, -0.1) is 0 Å². The molecule has 0 radical (unpaired) electrons. The topological polar surface area (TPSA) is 69.6 Å². The van der Waals surface area contributed by atoms with Gasteiger partial charge in [-0.25, -0.2) is 0 Å². The molecule has 232 valence electrons. The second kappa shape index (κ2) is 31.9. The Bertz CT molecular complexity index is 652. The summed E-state index contributed by atoms with van der Waals surface area (Å²) >= 11 is 0. The SMILES string of the molecule is CCC/C=C/CC/C=C/CC/C=C/C(O)C(CO)NC(=O)CCCCCCCCC/C=C\CCCCCCCC. The fourth-order valence-electron chi connectivity index (χ4n) is 4.62. The summed E-state index contributed by atoms with van der Waals surface area (Å²) in [5.74, 6) is -0.0878. The lowest BCUT2D eigenvalue weighted by Gasteiger charge is -2.19. The summed E-state index contributed by atoms with van der Waals surface area (Å²) in [5, 5.41) is 22.7. The lowest BCUT2D eigenvalue weighted by atomic mass is 10.1. The number of carbonyl (C=O) groups is 1. The monoisotopic (exact) mass is 559 g/mol. The molecule has 3 N–H and O–H groups in total. The molecule has 4 nitrogen and oxygen atoms in total. The van der Waals surface area contributed by atoms with Gasteiger partial charge in [-0.3, -0.25) is 4.79 Å². The number of carbonyl (C=O) groups excluding carboxylic acids is 1. The van der Waals surface area contributed by atoms with Crippen molar-refractivity contribution >= 4 is 5.91 Å². The summed E-state index contributed by atoms with van der Waals surface area (Å²) in [5.41, 5.74) is 0. The zero-order valence-corrected chi connectivity index (χ0v) is 26.3. The van der Waals surface area contributed by atoms with E-state index in [2.05, 4.69) is 55.6 Å². The maximum atomic E-state index is 12.3. The van der Waals surface area contributed by atoms with E-state index in [0.29, 0.717) is 6.42 Å². The fraction of sp³-hybridized carbons (Fsp3) is 0.750. The number of unbranched alkanes of at least 4 members (excludes halogenated alkanes) is 16. The highest BCUT2D eigenvalue weighted by Gasteiger charge is 2.17. The third-order valence-corrected chi connectivity index (χ3v) is 7.24. The van der Waals surface area contributed by atoms with Crippen molar-refractivity contribution in [2.45, 2.75) is 167 Å². The van der Waals surface area contributed by atoms with Crippen LogP contribution >= 0.6 is 0 Å². The number of allylic oxidation sites excluding steroid dienone is 7. The molecular formula is C36H65NO3. The molecule has 0 fully saturated rings. The number of rotatable bonds is 29. The molecule has 0 saturated heterocycles. The lowest BCUT2D eigenvalue weighted by Crippen LogP contribution is -2.45. The molecule has 0 aromatic rings. The quantitative estimate of drug-likeness (QED) is 0.0631. The van der Waals surface area contributed by atoms with Gasteiger partial charge in [0, 0.05) is 6.42 Å². The predicted octanol–water partition coefficient (Wildman–Crippen LogP) is 9.67. The number of amides is 1. The molecule has 2 atom stereocenters. The van der Waals surface area contributed by atoms with Crippen molar-refractivity contribution in [3.05, 3.63) is 48.6 Å². The van der Waals surface area contributed by atoms with Gasteiger partial charge in [0.1, 0.15) is 0 Å². The van der Waals surface area contributed by atoms with Crippen molar-refractivity contribution in [3.8, 4) is 0 Å². The fourth-order valence-corrected chi connectivity index (χ4v) is 4.62. The standard InChI is InChI=1S/C36H65NO3/c1-3-5-7-9-11-13-15-16-17-18-19-20-22-24-26-28-30-32-36(40)37-34(33-38)35(39)31-29-27-25-23-21-14-12-10-8-6-4-2/h8,10,16-17,21,23,29,31,34-35,38-39H,3-7,9,11-15,18-20,22,24-28,30,32-33H2,1-2H3,(H,37,40)/b10-8+,17-16-,23-21+,31-29+. The number of hydrogen-bond acceptors (Lipinski definition) is 3. The van der Waals surface area contributed by atoms with Crippen LogP contribution in [0.5, 0.6) is 0 Å². The molecule has 1 amide bonds. The molecule has 0 aromatic heterocycles. The highest BCUT2D eigenvalue weighted by Crippen LogP contribution is 2.11. The normalized spacial score (nSPS) is 13.8. The minimum Gasteiger partial charge on any atom is -0.394 e. The first kappa shape index (κ1) is 38.4. The molecule has 4 heteroatoms. The second-order valence-corrected chi connectivity index (χ2v) is 11.2.